The first-order chi connectivity index (χ1) is 7.43. The number of nitrogens with zero attached hydrogens (tertiary/aromatic N) is 1. The summed E-state index contributed by atoms with van der Waals surface area (Å²) < 4.78 is 0. The summed E-state index contributed by atoms with van der Waals surface area (Å²) in [5.74, 6) is -0.681. The standard InChI is InChI=1S/C10H11ClN2O3/c1-6-3-2-4-9(13(15)16)7(6)5-8(11)10(12)14/h2-4,8H,5H2,1H3,(H2,12,14). The number of halogens is 1. The van der Waals surface area contributed by atoms with Gasteiger partial charge in [-0.25, -0.2) is 0 Å². The zero-order chi connectivity index (χ0) is 12.3. The fraction of sp³-hybridized carbons (Fsp3) is 0.300. The maximum atomic E-state index is 10.8. The third kappa shape index (κ3) is 2.70. The van der Waals surface area contributed by atoms with E-state index in [1.165, 1.54) is 6.07 Å². The number of primary amides is 1. The minimum Gasteiger partial charge on any atom is -0.368 e. The number of nitro benzene ring substituents is 1. The second kappa shape index (κ2) is 4.94. The number of amides is 1. The Hall–Kier alpha value is -1.62. The molecular formula is C10H11ClN2O3. The number of rotatable bonds is 4. The van der Waals surface area contributed by atoms with Crippen molar-refractivity contribution in [3.8, 4) is 0 Å². The Bertz CT molecular complexity index is 434. The zero-order valence-corrected chi connectivity index (χ0v) is 9.40. The van der Waals surface area contributed by atoms with Gasteiger partial charge in [0, 0.05) is 18.1 Å². The smallest absolute Gasteiger partial charge is 0.272 e. The normalized spacial score (nSPS) is 12.1. The van der Waals surface area contributed by atoms with Gasteiger partial charge < -0.3 is 5.73 Å². The first-order valence-electron chi connectivity index (χ1n) is 4.59. The molecule has 0 radical (unpaired) electrons. The van der Waals surface area contributed by atoms with Gasteiger partial charge in [-0.2, -0.15) is 0 Å². The average molecular weight is 243 g/mol. The molecule has 0 aliphatic rings. The van der Waals surface area contributed by atoms with Crippen LogP contribution in [0.5, 0.6) is 0 Å². The molecule has 0 fully saturated rings. The van der Waals surface area contributed by atoms with Gasteiger partial charge in [-0.15, -0.1) is 11.6 Å². The molecule has 1 aromatic carbocycles. The van der Waals surface area contributed by atoms with E-state index in [4.69, 9.17) is 17.3 Å². The molecule has 1 unspecified atom stereocenters. The molecule has 0 bridgehead atoms. The van der Waals surface area contributed by atoms with Crippen LogP contribution in [0.25, 0.3) is 0 Å². The Morgan fingerprint density at radius 1 is 1.62 bits per heavy atom. The van der Waals surface area contributed by atoms with E-state index < -0.39 is 16.2 Å². The number of alkyl halides is 1. The summed E-state index contributed by atoms with van der Waals surface area (Å²) in [6, 6.07) is 4.70. The summed E-state index contributed by atoms with van der Waals surface area (Å²) in [5.41, 5.74) is 6.16. The van der Waals surface area contributed by atoms with Gasteiger partial charge >= 0.3 is 0 Å². The van der Waals surface area contributed by atoms with Crippen LogP contribution in [0.2, 0.25) is 0 Å². The molecule has 1 atom stereocenters. The van der Waals surface area contributed by atoms with Gasteiger partial charge in [-0.1, -0.05) is 12.1 Å². The summed E-state index contributed by atoms with van der Waals surface area (Å²) in [6.45, 7) is 1.73. The average Bonchev–Trinajstić information content (AvgIpc) is 2.20. The largest absolute Gasteiger partial charge is 0.368 e. The zero-order valence-electron chi connectivity index (χ0n) is 8.64. The number of nitrogens with two attached hydrogens (primary N) is 1. The van der Waals surface area contributed by atoms with Crippen molar-refractivity contribution in [1.82, 2.24) is 0 Å². The van der Waals surface area contributed by atoms with Crippen molar-refractivity contribution in [2.45, 2.75) is 18.7 Å². The minimum atomic E-state index is -0.931. The molecule has 2 N–H and O–H groups in total. The molecule has 0 heterocycles. The third-order valence-corrected chi connectivity index (χ3v) is 2.64. The lowest BCUT2D eigenvalue weighted by molar-refractivity contribution is -0.385. The Kier molecular flexibility index (Phi) is 3.84. The maximum absolute atomic E-state index is 10.8. The molecular weight excluding hydrogens is 232 g/mol. The van der Waals surface area contributed by atoms with Crippen LogP contribution in [-0.2, 0) is 11.2 Å². The van der Waals surface area contributed by atoms with E-state index in [9.17, 15) is 14.9 Å². The lowest BCUT2D eigenvalue weighted by Gasteiger charge is -2.08. The van der Waals surface area contributed by atoms with Crippen molar-refractivity contribution < 1.29 is 9.72 Å². The van der Waals surface area contributed by atoms with Crippen molar-refractivity contribution >= 4 is 23.2 Å². The first kappa shape index (κ1) is 12.4. The second-order valence-electron chi connectivity index (χ2n) is 3.40. The predicted molar refractivity (Wildman–Crippen MR) is 60.4 cm³/mol. The van der Waals surface area contributed by atoms with Gasteiger partial charge in [0.1, 0.15) is 5.38 Å². The Labute approximate surface area is 97.3 Å². The molecule has 0 saturated carbocycles. The maximum Gasteiger partial charge on any atom is 0.272 e. The van der Waals surface area contributed by atoms with Crippen LogP contribution in [0.3, 0.4) is 0 Å². The van der Waals surface area contributed by atoms with Crippen LogP contribution in [-0.4, -0.2) is 16.2 Å². The lowest BCUT2D eigenvalue weighted by Crippen LogP contribution is -2.26. The van der Waals surface area contributed by atoms with E-state index in [0.717, 1.165) is 5.56 Å². The first-order valence-corrected chi connectivity index (χ1v) is 5.03. The van der Waals surface area contributed by atoms with Crippen LogP contribution in [0, 0.1) is 17.0 Å². The molecule has 0 aliphatic carbocycles. The van der Waals surface area contributed by atoms with Gasteiger partial charge in [0.05, 0.1) is 4.92 Å². The molecule has 1 amide bonds. The van der Waals surface area contributed by atoms with Crippen LogP contribution >= 0.6 is 11.6 Å². The van der Waals surface area contributed by atoms with E-state index in [0.29, 0.717) is 5.56 Å². The quantitative estimate of drug-likeness (QED) is 0.494. The molecule has 5 nitrogen and oxygen atoms in total. The molecule has 0 spiro atoms. The Balaban J connectivity index is 3.11. The van der Waals surface area contributed by atoms with E-state index in [2.05, 4.69) is 0 Å². The summed E-state index contributed by atoms with van der Waals surface area (Å²) in [7, 11) is 0. The number of benzene rings is 1. The molecule has 0 saturated heterocycles. The van der Waals surface area contributed by atoms with E-state index in [-0.39, 0.29) is 12.1 Å². The van der Waals surface area contributed by atoms with E-state index in [1.807, 2.05) is 0 Å². The summed E-state index contributed by atoms with van der Waals surface area (Å²) in [4.78, 5) is 21.1. The number of hydrogen-bond donors (Lipinski definition) is 1. The fourth-order valence-electron chi connectivity index (χ4n) is 1.40. The van der Waals surface area contributed by atoms with Crippen LogP contribution < -0.4 is 5.73 Å². The number of nitro groups is 1. The van der Waals surface area contributed by atoms with Crippen molar-refractivity contribution in [2.75, 3.05) is 0 Å². The van der Waals surface area contributed by atoms with Crippen LogP contribution in [0.15, 0.2) is 18.2 Å². The number of hydrogen-bond acceptors (Lipinski definition) is 3. The fourth-order valence-corrected chi connectivity index (χ4v) is 1.56. The third-order valence-electron chi connectivity index (χ3n) is 2.27. The van der Waals surface area contributed by atoms with Gasteiger partial charge in [0.2, 0.25) is 5.91 Å². The predicted octanol–water partition coefficient (Wildman–Crippen LogP) is 1.54. The summed E-state index contributed by atoms with van der Waals surface area (Å²) in [6.07, 6.45) is 0.0693. The lowest BCUT2D eigenvalue weighted by atomic mass is 10.0. The minimum absolute atomic E-state index is 0.0353. The van der Waals surface area contributed by atoms with Gasteiger partial charge in [-0.05, 0) is 12.5 Å². The van der Waals surface area contributed by atoms with Crippen molar-refractivity contribution in [2.24, 2.45) is 5.73 Å². The summed E-state index contributed by atoms with van der Waals surface area (Å²) in [5, 5.41) is 9.84. The molecule has 1 aromatic rings. The van der Waals surface area contributed by atoms with Crippen molar-refractivity contribution in [1.29, 1.82) is 0 Å². The number of aryl methyl sites for hydroxylation is 1. The Morgan fingerprint density at radius 3 is 2.75 bits per heavy atom. The molecule has 86 valence electrons. The highest BCUT2D eigenvalue weighted by Gasteiger charge is 2.21. The topological polar surface area (TPSA) is 86.2 Å². The highest BCUT2D eigenvalue weighted by atomic mass is 35.5. The monoisotopic (exact) mass is 242 g/mol. The van der Waals surface area contributed by atoms with Gasteiger partial charge in [0.25, 0.3) is 5.69 Å². The van der Waals surface area contributed by atoms with Crippen molar-refractivity contribution in [3.63, 3.8) is 0 Å². The van der Waals surface area contributed by atoms with Gasteiger partial charge in [-0.3, -0.25) is 14.9 Å². The highest BCUT2D eigenvalue weighted by molar-refractivity contribution is 6.30. The second-order valence-corrected chi connectivity index (χ2v) is 3.93. The molecule has 0 aliphatic heterocycles. The van der Waals surface area contributed by atoms with E-state index >= 15 is 0 Å². The highest BCUT2D eigenvalue weighted by Crippen LogP contribution is 2.24. The number of carbonyl (C=O) groups excluding carboxylic acids is 1. The van der Waals surface area contributed by atoms with Crippen molar-refractivity contribution in [3.05, 3.63) is 39.4 Å². The number of carbonyl (C=O) groups is 1. The van der Waals surface area contributed by atoms with E-state index in [1.54, 1.807) is 19.1 Å². The molecule has 1 rings (SSSR count). The molecule has 0 aromatic heterocycles. The summed E-state index contributed by atoms with van der Waals surface area (Å²) >= 11 is 5.70. The molecule has 16 heavy (non-hydrogen) atoms. The van der Waals surface area contributed by atoms with Crippen LogP contribution in [0.1, 0.15) is 11.1 Å². The van der Waals surface area contributed by atoms with Gasteiger partial charge in [0.15, 0.2) is 0 Å². The Morgan fingerprint density at radius 2 is 2.25 bits per heavy atom. The van der Waals surface area contributed by atoms with Crippen LogP contribution in [0.4, 0.5) is 5.69 Å². The SMILES string of the molecule is Cc1cccc([N+](=O)[O-])c1CC(Cl)C(N)=O. The molecule has 6 heteroatoms.